The third-order valence-corrected chi connectivity index (χ3v) is 3.96. The van der Waals surface area contributed by atoms with Crippen molar-refractivity contribution in [1.29, 1.82) is 0 Å². The Labute approximate surface area is 137 Å². The molecule has 0 spiro atoms. The van der Waals surface area contributed by atoms with Crippen molar-refractivity contribution in [2.75, 3.05) is 0 Å². The van der Waals surface area contributed by atoms with Crippen LogP contribution in [0.5, 0.6) is 0 Å². The first-order valence-corrected chi connectivity index (χ1v) is 7.76. The van der Waals surface area contributed by atoms with E-state index in [9.17, 15) is 4.79 Å². The molecule has 0 fully saturated rings. The molecule has 0 radical (unpaired) electrons. The lowest BCUT2D eigenvalue weighted by molar-refractivity contribution is 0.206. The van der Waals surface area contributed by atoms with E-state index in [2.05, 4.69) is 36.5 Å². The number of aromatic nitrogens is 2. The third kappa shape index (κ3) is 4.15. The lowest BCUT2D eigenvalue weighted by Gasteiger charge is -2.29. The molecule has 126 valence electrons. The van der Waals surface area contributed by atoms with Crippen molar-refractivity contribution in [3.05, 3.63) is 41.1 Å². The molecular formula is C17H26N4O2. The minimum absolute atomic E-state index is 0.161. The van der Waals surface area contributed by atoms with Crippen LogP contribution in [0.15, 0.2) is 22.7 Å². The second kappa shape index (κ2) is 6.48. The first-order valence-electron chi connectivity index (χ1n) is 7.76. The molecule has 0 bridgehead atoms. The molecule has 0 unspecified atom stereocenters. The Morgan fingerprint density at radius 3 is 2.52 bits per heavy atom. The van der Waals surface area contributed by atoms with Crippen LogP contribution in [0.1, 0.15) is 49.6 Å². The van der Waals surface area contributed by atoms with E-state index in [4.69, 9.17) is 4.42 Å². The maximum absolute atomic E-state index is 12.3. The highest BCUT2D eigenvalue weighted by Crippen LogP contribution is 2.33. The summed E-state index contributed by atoms with van der Waals surface area (Å²) < 4.78 is 7.49. The van der Waals surface area contributed by atoms with E-state index in [1.807, 2.05) is 33.0 Å². The molecule has 2 heterocycles. The summed E-state index contributed by atoms with van der Waals surface area (Å²) >= 11 is 0. The van der Waals surface area contributed by atoms with Crippen LogP contribution in [0.25, 0.3) is 0 Å². The van der Waals surface area contributed by atoms with Crippen molar-refractivity contribution >= 4 is 6.03 Å². The molecule has 2 aromatic rings. The Hall–Kier alpha value is -2.24. The van der Waals surface area contributed by atoms with E-state index in [0.29, 0.717) is 6.54 Å². The maximum atomic E-state index is 12.3. The van der Waals surface area contributed by atoms with Crippen LogP contribution in [0.3, 0.4) is 0 Å². The van der Waals surface area contributed by atoms with E-state index in [0.717, 1.165) is 22.8 Å². The van der Waals surface area contributed by atoms with Gasteiger partial charge in [-0.2, -0.15) is 5.10 Å². The van der Waals surface area contributed by atoms with Crippen molar-refractivity contribution in [2.45, 2.75) is 47.2 Å². The Balaban J connectivity index is 2.02. The van der Waals surface area contributed by atoms with Crippen LogP contribution >= 0.6 is 0 Å². The maximum Gasteiger partial charge on any atom is 0.315 e. The molecule has 2 amide bonds. The van der Waals surface area contributed by atoms with Crippen LogP contribution in [0.2, 0.25) is 0 Å². The number of aryl methyl sites for hydroxylation is 2. The van der Waals surface area contributed by atoms with Crippen molar-refractivity contribution in [3.8, 4) is 0 Å². The lowest BCUT2D eigenvalue weighted by Crippen LogP contribution is -2.42. The summed E-state index contributed by atoms with van der Waals surface area (Å²) in [5.74, 6) is 1.60. The lowest BCUT2D eigenvalue weighted by atomic mass is 9.85. The number of hydrogen-bond acceptors (Lipinski definition) is 3. The van der Waals surface area contributed by atoms with Crippen LogP contribution in [0.4, 0.5) is 4.79 Å². The molecule has 0 saturated heterocycles. The highest BCUT2D eigenvalue weighted by atomic mass is 16.3. The molecule has 0 aliphatic heterocycles. The van der Waals surface area contributed by atoms with Gasteiger partial charge in [-0.15, -0.1) is 0 Å². The molecule has 1 atom stereocenters. The molecule has 2 rings (SSSR count). The standard InChI is InChI=1S/C17H26N4O2/c1-11-7-8-14(23-11)15(17(3,4)5)20-16(22)18-9-13-10-19-21(6)12(13)2/h7-8,10,15H,9H2,1-6H3,(H2,18,20,22)/t15-/m0/s1. The molecular weight excluding hydrogens is 292 g/mol. The molecule has 2 N–H and O–H groups in total. The predicted molar refractivity (Wildman–Crippen MR) is 89.0 cm³/mol. The number of amides is 2. The number of rotatable bonds is 4. The summed E-state index contributed by atoms with van der Waals surface area (Å²) in [4.78, 5) is 12.3. The molecule has 2 aromatic heterocycles. The van der Waals surface area contributed by atoms with Crippen molar-refractivity contribution in [2.24, 2.45) is 12.5 Å². The van der Waals surface area contributed by atoms with Gasteiger partial charge in [-0.25, -0.2) is 4.79 Å². The van der Waals surface area contributed by atoms with Crippen molar-refractivity contribution < 1.29 is 9.21 Å². The minimum atomic E-state index is -0.220. The van der Waals surface area contributed by atoms with Gasteiger partial charge in [0.05, 0.1) is 12.2 Å². The van der Waals surface area contributed by atoms with Gasteiger partial charge in [0.2, 0.25) is 0 Å². The molecule has 23 heavy (non-hydrogen) atoms. The summed E-state index contributed by atoms with van der Waals surface area (Å²) in [6.45, 7) is 10.5. The summed E-state index contributed by atoms with van der Waals surface area (Å²) in [5.41, 5.74) is 1.88. The van der Waals surface area contributed by atoms with Crippen molar-refractivity contribution in [1.82, 2.24) is 20.4 Å². The topological polar surface area (TPSA) is 72.1 Å². The van der Waals surface area contributed by atoms with Gasteiger partial charge in [0.25, 0.3) is 0 Å². The van der Waals surface area contributed by atoms with Crippen LogP contribution in [0, 0.1) is 19.3 Å². The van der Waals surface area contributed by atoms with Gasteiger partial charge in [0.15, 0.2) is 0 Å². The zero-order valence-corrected chi connectivity index (χ0v) is 14.7. The second-order valence-electron chi connectivity index (χ2n) is 6.95. The highest BCUT2D eigenvalue weighted by Gasteiger charge is 2.30. The smallest absolute Gasteiger partial charge is 0.315 e. The fourth-order valence-electron chi connectivity index (χ4n) is 2.40. The van der Waals surface area contributed by atoms with Crippen LogP contribution < -0.4 is 10.6 Å². The van der Waals surface area contributed by atoms with E-state index in [1.54, 1.807) is 10.9 Å². The molecule has 6 nitrogen and oxygen atoms in total. The Kier molecular flexibility index (Phi) is 4.82. The zero-order valence-electron chi connectivity index (χ0n) is 14.7. The van der Waals surface area contributed by atoms with Crippen LogP contribution in [-0.2, 0) is 13.6 Å². The average Bonchev–Trinajstić information content (AvgIpc) is 3.01. The van der Waals surface area contributed by atoms with Crippen LogP contribution in [-0.4, -0.2) is 15.8 Å². The van der Waals surface area contributed by atoms with Gasteiger partial charge in [-0.3, -0.25) is 4.68 Å². The van der Waals surface area contributed by atoms with Gasteiger partial charge in [-0.1, -0.05) is 20.8 Å². The normalized spacial score (nSPS) is 13.0. The molecule has 6 heteroatoms. The number of urea groups is 1. The fourth-order valence-corrected chi connectivity index (χ4v) is 2.40. The first-order chi connectivity index (χ1) is 10.7. The zero-order chi connectivity index (χ0) is 17.2. The summed E-state index contributed by atoms with van der Waals surface area (Å²) in [7, 11) is 1.88. The summed E-state index contributed by atoms with van der Waals surface area (Å²) in [6, 6.07) is 3.40. The summed E-state index contributed by atoms with van der Waals surface area (Å²) in [6.07, 6.45) is 1.77. The van der Waals surface area contributed by atoms with E-state index in [-0.39, 0.29) is 17.5 Å². The Morgan fingerprint density at radius 1 is 1.35 bits per heavy atom. The third-order valence-electron chi connectivity index (χ3n) is 3.96. The predicted octanol–water partition coefficient (Wildman–Crippen LogP) is 3.22. The number of hydrogen-bond donors (Lipinski definition) is 2. The first kappa shape index (κ1) is 17.1. The fraction of sp³-hybridized carbons (Fsp3) is 0.529. The Bertz CT molecular complexity index is 679. The second-order valence-corrected chi connectivity index (χ2v) is 6.95. The van der Waals surface area contributed by atoms with Gasteiger partial charge < -0.3 is 15.1 Å². The molecule has 0 aromatic carbocycles. The SMILES string of the molecule is Cc1ccc([C@H](NC(=O)NCc2cnn(C)c2C)C(C)(C)C)o1. The minimum Gasteiger partial charge on any atom is -0.464 e. The van der Waals surface area contributed by atoms with E-state index < -0.39 is 0 Å². The van der Waals surface area contributed by atoms with Gasteiger partial charge in [-0.05, 0) is 31.4 Å². The molecule has 0 aliphatic rings. The largest absolute Gasteiger partial charge is 0.464 e. The van der Waals surface area contributed by atoms with E-state index in [1.165, 1.54) is 0 Å². The van der Waals surface area contributed by atoms with Gasteiger partial charge in [0.1, 0.15) is 11.5 Å². The Morgan fingerprint density at radius 2 is 2.04 bits per heavy atom. The number of carbonyl (C=O) groups excluding carboxylic acids is 1. The monoisotopic (exact) mass is 318 g/mol. The molecule has 0 aliphatic carbocycles. The number of furan rings is 1. The van der Waals surface area contributed by atoms with Gasteiger partial charge in [0, 0.05) is 24.8 Å². The molecule has 0 saturated carbocycles. The number of nitrogens with zero attached hydrogens (tertiary/aromatic N) is 2. The number of carbonyl (C=O) groups is 1. The van der Waals surface area contributed by atoms with E-state index >= 15 is 0 Å². The quantitative estimate of drug-likeness (QED) is 0.909. The number of nitrogens with one attached hydrogen (secondary N) is 2. The van der Waals surface area contributed by atoms with Gasteiger partial charge >= 0.3 is 6.03 Å². The van der Waals surface area contributed by atoms with Crippen molar-refractivity contribution in [3.63, 3.8) is 0 Å². The highest BCUT2D eigenvalue weighted by molar-refractivity contribution is 5.74. The summed E-state index contributed by atoms with van der Waals surface area (Å²) in [5, 5.41) is 10.1. The average molecular weight is 318 g/mol.